The molecule has 10 heteroatoms. The van der Waals surface area contributed by atoms with Crippen molar-refractivity contribution in [2.75, 3.05) is 23.7 Å². The number of halogens is 2. The fraction of sp³-hybridized carbons (Fsp3) is 0.370. The highest BCUT2D eigenvalue weighted by atomic mass is 35.5. The number of urea groups is 1. The van der Waals surface area contributed by atoms with Crippen LogP contribution in [0.3, 0.4) is 0 Å². The van der Waals surface area contributed by atoms with Crippen LogP contribution in [0, 0.1) is 5.82 Å². The van der Waals surface area contributed by atoms with Crippen molar-refractivity contribution < 1.29 is 18.7 Å². The third-order valence-electron chi connectivity index (χ3n) is 6.16. The molecule has 0 unspecified atom stereocenters. The van der Waals surface area contributed by atoms with Crippen LogP contribution in [-0.2, 0) is 12.5 Å². The predicted molar refractivity (Wildman–Crippen MR) is 142 cm³/mol. The first-order chi connectivity index (χ1) is 17.5. The number of carbonyl (C=O) groups is 2. The van der Waals surface area contributed by atoms with Gasteiger partial charge in [-0.3, -0.25) is 14.8 Å². The van der Waals surface area contributed by atoms with Crippen LogP contribution in [0.4, 0.5) is 20.7 Å². The molecule has 1 saturated heterocycles. The van der Waals surface area contributed by atoms with E-state index in [0.717, 1.165) is 5.69 Å². The number of amides is 3. The highest BCUT2D eigenvalue weighted by molar-refractivity contribution is 6.33. The van der Waals surface area contributed by atoms with Gasteiger partial charge >= 0.3 is 6.03 Å². The standard InChI is InChI=1S/C27H31ClFN5O3/c1-27(2,3)23-16-24(33(4)32-23)31-26(36)30-18-13-17(29)14-20(15-18)37-19-9-11-34(12-10-19)25(35)21-7-5-6-8-22(21)28/h5-8,13-16,19H,9-12H2,1-4H3,(H2,30,31,36). The molecule has 8 nitrogen and oxygen atoms in total. The van der Waals surface area contributed by atoms with Crippen molar-refractivity contribution in [2.24, 2.45) is 7.05 Å². The summed E-state index contributed by atoms with van der Waals surface area (Å²) in [6.07, 6.45) is 0.989. The molecule has 0 atom stereocenters. The summed E-state index contributed by atoms with van der Waals surface area (Å²) in [7, 11) is 1.74. The van der Waals surface area contributed by atoms with E-state index in [1.165, 1.54) is 12.1 Å². The maximum absolute atomic E-state index is 14.3. The van der Waals surface area contributed by atoms with E-state index in [9.17, 15) is 14.0 Å². The number of likely N-dealkylation sites (tertiary alicyclic amines) is 1. The normalized spacial score (nSPS) is 14.4. The molecule has 4 rings (SSSR count). The van der Waals surface area contributed by atoms with Crippen LogP contribution < -0.4 is 15.4 Å². The monoisotopic (exact) mass is 527 g/mol. The Balaban J connectivity index is 1.34. The third-order valence-corrected chi connectivity index (χ3v) is 6.48. The zero-order chi connectivity index (χ0) is 26.7. The number of piperidine rings is 1. The first-order valence-corrected chi connectivity index (χ1v) is 12.5. The average Bonchev–Trinajstić information content (AvgIpc) is 3.19. The molecule has 0 spiro atoms. The van der Waals surface area contributed by atoms with Crippen molar-refractivity contribution in [1.82, 2.24) is 14.7 Å². The summed E-state index contributed by atoms with van der Waals surface area (Å²) >= 11 is 6.17. The van der Waals surface area contributed by atoms with Gasteiger partial charge in [0.05, 0.1) is 16.3 Å². The number of hydrogen-bond donors (Lipinski definition) is 2. The van der Waals surface area contributed by atoms with Crippen molar-refractivity contribution in [3.8, 4) is 5.75 Å². The van der Waals surface area contributed by atoms with Crippen molar-refractivity contribution in [2.45, 2.75) is 45.1 Å². The Morgan fingerprint density at radius 1 is 1.08 bits per heavy atom. The van der Waals surface area contributed by atoms with Gasteiger partial charge in [-0.05, 0) is 18.2 Å². The van der Waals surface area contributed by atoms with E-state index < -0.39 is 11.8 Å². The summed E-state index contributed by atoms with van der Waals surface area (Å²) in [5, 5.41) is 10.3. The van der Waals surface area contributed by atoms with E-state index >= 15 is 0 Å². The molecular weight excluding hydrogens is 497 g/mol. The van der Waals surface area contributed by atoms with E-state index in [1.807, 2.05) is 26.8 Å². The summed E-state index contributed by atoms with van der Waals surface area (Å²) < 4.78 is 21.9. The van der Waals surface area contributed by atoms with Crippen molar-refractivity contribution in [3.05, 3.63) is 70.6 Å². The van der Waals surface area contributed by atoms with Gasteiger partial charge in [0, 0.05) is 62.3 Å². The molecule has 0 saturated carbocycles. The van der Waals surface area contributed by atoms with E-state index in [4.69, 9.17) is 16.3 Å². The van der Waals surface area contributed by atoms with Crippen LogP contribution in [0.5, 0.6) is 5.75 Å². The van der Waals surface area contributed by atoms with E-state index in [1.54, 1.807) is 47.0 Å². The van der Waals surface area contributed by atoms with Crippen LogP contribution in [-0.4, -0.2) is 45.8 Å². The van der Waals surface area contributed by atoms with Crippen LogP contribution in [0.25, 0.3) is 0 Å². The summed E-state index contributed by atoms with van der Waals surface area (Å²) in [4.78, 5) is 27.1. The number of nitrogens with one attached hydrogen (secondary N) is 2. The summed E-state index contributed by atoms with van der Waals surface area (Å²) in [6, 6.07) is 12.3. The van der Waals surface area contributed by atoms with Crippen molar-refractivity contribution in [3.63, 3.8) is 0 Å². The van der Waals surface area contributed by atoms with Gasteiger partial charge in [0.2, 0.25) is 0 Å². The zero-order valence-electron chi connectivity index (χ0n) is 21.3. The molecule has 0 aliphatic carbocycles. The number of benzene rings is 2. The van der Waals surface area contributed by atoms with Gasteiger partial charge < -0.3 is 15.0 Å². The minimum absolute atomic E-state index is 0.115. The first-order valence-electron chi connectivity index (χ1n) is 12.1. The molecule has 2 N–H and O–H groups in total. The lowest BCUT2D eigenvalue weighted by atomic mass is 9.92. The predicted octanol–water partition coefficient (Wildman–Crippen LogP) is 5.84. The lowest BCUT2D eigenvalue weighted by Gasteiger charge is -2.32. The molecule has 3 amide bonds. The van der Waals surface area contributed by atoms with Gasteiger partial charge in [-0.1, -0.05) is 44.5 Å². The number of anilines is 2. The zero-order valence-corrected chi connectivity index (χ0v) is 22.1. The number of aryl methyl sites for hydroxylation is 1. The molecule has 1 aliphatic heterocycles. The minimum Gasteiger partial charge on any atom is -0.490 e. The van der Waals surface area contributed by atoms with Crippen LogP contribution in [0.15, 0.2) is 48.5 Å². The van der Waals surface area contributed by atoms with Crippen LogP contribution >= 0.6 is 11.6 Å². The SMILES string of the molecule is Cn1nc(C(C)(C)C)cc1NC(=O)Nc1cc(F)cc(OC2CCN(C(=O)c3ccccc3Cl)CC2)c1. The molecule has 0 bridgehead atoms. The smallest absolute Gasteiger partial charge is 0.324 e. The molecule has 1 fully saturated rings. The second-order valence-corrected chi connectivity index (χ2v) is 10.5. The second-order valence-electron chi connectivity index (χ2n) is 10.1. The van der Waals surface area contributed by atoms with Gasteiger partial charge in [0.1, 0.15) is 23.5 Å². The highest BCUT2D eigenvalue weighted by Crippen LogP contribution is 2.27. The van der Waals surface area contributed by atoms with Gasteiger partial charge in [0.25, 0.3) is 5.91 Å². The van der Waals surface area contributed by atoms with Gasteiger partial charge in [-0.2, -0.15) is 5.10 Å². The average molecular weight is 528 g/mol. The number of carbonyl (C=O) groups excluding carboxylic acids is 2. The first kappa shape index (κ1) is 26.5. The fourth-order valence-electron chi connectivity index (χ4n) is 4.11. The lowest BCUT2D eigenvalue weighted by Crippen LogP contribution is -2.41. The molecule has 2 aromatic carbocycles. The topological polar surface area (TPSA) is 88.5 Å². The highest BCUT2D eigenvalue weighted by Gasteiger charge is 2.26. The quantitative estimate of drug-likeness (QED) is 0.436. The summed E-state index contributed by atoms with van der Waals surface area (Å²) in [6.45, 7) is 7.10. The summed E-state index contributed by atoms with van der Waals surface area (Å²) in [5.41, 5.74) is 1.41. The van der Waals surface area contributed by atoms with E-state index in [-0.39, 0.29) is 23.1 Å². The number of aromatic nitrogens is 2. The Bertz CT molecular complexity index is 1300. The Hall–Kier alpha value is -3.59. The van der Waals surface area contributed by atoms with E-state index in [2.05, 4.69) is 15.7 Å². The molecule has 2 heterocycles. The van der Waals surface area contributed by atoms with E-state index in [0.29, 0.717) is 48.1 Å². The number of rotatable bonds is 5. The number of hydrogen-bond acceptors (Lipinski definition) is 4. The molecule has 37 heavy (non-hydrogen) atoms. The Kier molecular flexibility index (Phi) is 7.73. The Morgan fingerprint density at radius 2 is 1.78 bits per heavy atom. The number of ether oxygens (including phenoxy) is 1. The van der Waals surface area contributed by atoms with Crippen molar-refractivity contribution in [1.29, 1.82) is 0 Å². The molecule has 1 aliphatic rings. The largest absolute Gasteiger partial charge is 0.490 e. The van der Waals surface area contributed by atoms with Gasteiger partial charge in [-0.15, -0.1) is 0 Å². The molecule has 0 radical (unpaired) electrons. The maximum atomic E-state index is 14.3. The van der Waals surface area contributed by atoms with Gasteiger partial charge in [-0.25, -0.2) is 9.18 Å². The second kappa shape index (κ2) is 10.8. The Labute approximate surface area is 220 Å². The minimum atomic E-state index is -0.533. The summed E-state index contributed by atoms with van der Waals surface area (Å²) in [5.74, 6) is 0.181. The third kappa shape index (κ3) is 6.60. The molecular formula is C27H31ClFN5O3. The molecule has 3 aromatic rings. The molecule has 196 valence electrons. The fourth-order valence-corrected chi connectivity index (χ4v) is 4.32. The van der Waals surface area contributed by atoms with Crippen LogP contribution in [0.1, 0.15) is 49.7 Å². The van der Waals surface area contributed by atoms with Crippen LogP contribution in [0.2, 0.25) is 5.02 Å². The maximum Gasteiger partial charge on any atom is 0.324 e. The van der Waals surface area contributed by atoms with Crippen molar-refractivity contribution >= 4 is 35.0 Å². The van der Waals surface area contributed by atoms with Gasteiger partial charge in [0.15, 0.2) is 0 Å². The number of nitrogens with zero attached hydrogens (tertiary/aromatic N) is 3. The Morgan fingerprint density at radius 3 is 2.43 bits per heavy atom. The lowest BCUT2D eigenvalue weighted by molar-refractivity contribution is 0.0595. The molecule has 1 aromatic heterocycles.